The normalized spacial score (nSPS) is 17.5. The van der Waals surface area contributed by atoms with Crippen LogP contribution in [-0.4, -0.2) is 17.7 Å². The Kier molecular flexibility index (Phi) is 3.70. The van der Waals surface area contributed by atoms with Crippen LogP contribution in [0.15, 0.2) is 41.4 Å². The summed E-state index contributed by atoms with van der Waals surface area (Å²) in [6.45, 7) is 0.816. The third-order valence-electron chi connectivity index (χ3n) is 3.01. The van der Waals surface area contributed by atoms with E-state index < -0.39 is 0 Å². The molecule has 1 unspecified atom stereocenters. The first-order valence-electron chi connectivity index (χ1n) is 5.92. The average molecular weight is 384 g/mol. The predicted octanol–water partition coefficient (Wildman–Crippen LogP) is 4.25. The predicted molar refractivity (Wildman–Crippen MR) is 87.8 cm³/mol. The molecule has 5 heteroatoms. The lowest BCUT2D eigenvalue weighted by Gasteiger charge is -2.02. The van der Waals surface area contributed by atoms with Gasteiger partial charge in [0.25, 0.3) is 0 Å². The maximum Gasteiger partial charge on any atom is 0.131 e. The number of nitrogens with zero attached hydrogens (tertiary/aromatic N) is 2. The molecule has 1 aromatic heterocycles. The van der Waals surface area contributed by atoms with E-state index in [0.29, 0.717) is 5.15 Å². The number of hydrogen-bond acceptors (Lipinski definition) is 3. The molecule has 3 nitrogen and oxygen atoms in total. The largest absolute Gasteiger partial charge is 0.369 e. The zero-order valence-electron chi connectivity index (χ0n) is 9.98. The maximum absolute atomic E-state index is 5.87. The summed E-state index contributed by atoms with van der Waals surface area (Å²) in [6.07, 6.45) is 1.97. The molecule has 1 aliphatic heterocycles. The van der Waals surface area contributed by atoms with E-state index in [0.717, 1.165) is 23.6 Å². The lowest BCUT2D eigenvalue weighted by molar-refractivity contribution is 1.02. The summed E-state index contributed by atoms with van der Waals surface area (Å²) in [6, 6.07) is 12.0. The number of aliphatic imine (C=N–C) groups is 1. The van der Waals surface area contributed by atoms with Crippen LogP contribution in [0.2, 0.25) is 5.15 Å². The SMILES string of the molecule is Clc1ccc2c(n1)NCC2C=Nc1ccc(I)cc1. The van der Waals surface area contributed by atoms with Crippen LogP contribution in [0.1, 0.15) is 11.5 Å². The first-order chi connectivity index (χ1) is 9.22. The molecular weight excluding hydrogens is 373 g/mol. The van der Waals surface area contributed by atoms with E-state index in [1.807, 2.05) is 30.5 Å². The van der Waals surface area contributed by atoms with Crippen LogP contribution in [0.5, 0.6) is 0 Å². The van der Waals surface area contributed by atoms with E-state index in [4.69, 9.17) is 11.6 Å². The molecule has 19 heavy (non-hydrogen) atoms. The standard InChI is InChI=1S/C14H11ClIN3/c15-13-6-5-12-9(8-18-14(12)19-13)7-17-11-3-1-10(16)2-4-11/h1-7,9H,8H2,(H,18,19). The number of anilines is 1. The van der Waals surface area contributed by atoms with Crippen LogP contribution in [0.3, 0.4) is 0 Å². The van der Waals surface area contributed by atoms with Crippen molar-refractivity contribution in [1.29, 1.82) is 0 Å². The van der Waals surface area contributed by atoms with Gasteiger partial charge < -0.3 is 5.32 Å². The molecule has 0 bridgehead atoms. The summed E-state index contributed by atoms with van der Waals surface area (Å²) in [4.78, 5) is 8.78. The first-order valence-corrected chi connectivity index (χ1v) is 7.38. The summed E-state index contributed by atoms with van der Waals surface area (Å²) < 4.78 is 1.21. The second-order valence-electron chi connectivity index (χ2n) is 4.31. The number of rotatable bonds is 2. The Balaban J connectivity index is 1.81. The molecule has 3 rings (SSSR count). The molecule has 0 radical (unpaired) electrons. The van der Waals surface area contributed by atoms with Gasteiger partial charge >= 0.3 is 0 Å². The zero-order chi connectivity index (χ0) is 13.2. The Bertz CT molecular complexity index is 625. The summed E-state index contributed by atoms with van der Waals surface area (Å²) in [5.41, 5.74) is 2.12. The molecular formula is C14H11ClIN3. The van der Waals surface area contributed by atoms with Crippen molar-refractivity contribution >= 4 is 51.9 Å². The van der Waals surface area contributed by atoms with E-state index in [-0.39, 0.29) is 5.92 Å². The smallest absolute Gasteiger partial charge is 0.131 e. The molecule has 0 amide bonds. The number of pyridine rings is 1. The van der Waals surface area contributed by atoms with Gasteiger partial charge in [-0.15, -0.1) is 0 Å². The lowest BCUT2D eigenvalue weighted by atomic mass is 10.1. The fourth-order valence-electron chi connectivity index (χ4n) is 2.04. The zero-order valence-corrected chi connectivity index (χ0v) is 12.9. The van der Waals surface area contributed by atoms with Gasteiger partial charge in [0.05, 0.1) is 5.69 Å². The molecule has 1 aliphatic rings. The van der Waals surface area contributed by atoms with E-state index in [9.17, 15) is 0 Å². The molecule has 1 N–H and O–H groups in total. The topological polar surface area (TPSA) is 37.3 Å². The Hall–Kier alpha value is -1.14. The Morgan fingerprint density at radius 3 is 2.84 bits per heavy atom. The molecule has 0 saturated heterocycles. The van der Waals surface area contributed by atoms with Gasteiger partial charge in [0, 0.05) is 27.8 Å². The van der Waals surface area contributed by atoms with Crippen LogP contribution >= 0.6 is 34.2 Å². The van der Waals surface area contributed by atoms with Crippen LogP contribution in [0.4, 0.5) is 11.5 Å². The Labute approximate surface area is 130 Å². The van der Waals surface area contributed by atoms with E-state index in [1.165, 1.54) is 3.57 Å². The third-order valence-corrected chi connectivity index (χ3v) is 3.94. The minimum Gasteiger partial charge on any atom is -0.369 e. The van der Waals surface area contributed by atoms with Crippen LogP contribution < -0.4 is 5.32 Å². The van der Waals surface area contributed by atoms with Crippen molar-refractivity contribution < 1.29 is 0 Å². The summed E-state index contributed by atoms with van der Waals surface area (Å²) in [7, 11) is 0. The third kappa shape index (κ3) is 2.90. The lowest BCUT2D eigenvalue weighted by Crippen LogP contribution is -2.02. The van der Waals surface area contributed by atoms with Crippen molar-refractivity contribution in [1.82, 2.24) is 4.98 Å². The van der Waals surface area contributed by atoms with Crippen LogP contribution in [0.25, 0.3) is 0 Å². The van der Waals surface area contributed by atoms with Crippen molar-refractivity contribution in [2.24, 2.45) is 4.99 Å². The van der Waals surface area contributed by atoms with Gasteiger partial charge in [-0.25, -0.2) is 4.98 Å². The summed E-state index contributed by atoms with van der Waals surface area (Å²) >= 11 is 8.16. The fourth-order valence-corrected chi connectivity index (χ4v) is 2.55. The number of hydrogen-bond donors (Lipinski definition) is 1. The minimum atomic E-state index is 0.249. The second kappa shape index (κ2) is 5.46. The van der Waals surface area contributed by atoms with Gasteiger partial charge in [-0.2, -0.15) is 0 Å². The first kappa shape index (κ1) is 12.9. The van der Waals surface area contributed by atoms with E-state index in [2.05, 4.69) is 50.0 Å². The number of nitrogens with one attached hydrogen (secondary N) is 1. The highest BCUT2D eigenvalue weighted by atomic mass is 127. The fraction of sp³-hybridized carbons (Fsp3) is 0.143. The summed E-state index contributed by atoms with van der Waals surface area (Å²) in [5, 5.41) is 3.76. The molecule has 0 spiro atoms. The Morgan fingerprint density at radius 1 is 1.26 bits per heavy atom. The van der Waals surface area contributed by atoms with Gasteiger partial charge in [-0.1, -0.05) is 17.7 Å². The van der Waals surface area contributed by atoms with Gasteiger partial charge in [-0.05, 0) is 52.9 Å². The van der Waals surface area contributed by atoms with Crippen molar-refractivity contribution in [3.05, 3.63) is 50.7 Å². The van der Waals surface area contributed by atoms with Crippen molar-refractivity contribution in [3.63, 3.8) is 0 Å². The number of fused-ring (bicyclic) bond motifs is 1. The molecule has 1 atom stereocenters. The minimum absolute atomic E-state index is 0.249. The molecule has 0 fully saturated rings. The average Bonchev–Trinajstić information content (AvgIpc) is 2.80. The van der Waals surface area contributed by atoms with Gasteiger partial charge in [0.15, 0.2) is 0 Å². The molecule has 2 aromatic rings. The second-order valence-corrected chi connectivity index (χ2v) is 5.95. The van der Waals surface area contributed by atoms with Crippen molar-refractivity contribution in [3.8, 4) is 0 Å². The summed E-state index contributed by atoms with van der Waals surface area (Å²) in [5.74, 6) is 1.12. The van der Waals surface area contributed by atoms with E-state index in [1.54, 1.807) is 0 Å². The number of aromatic nitrogens is 1. The Morgan fingerprint density at radius 2 is 2.05 bits per heavy atom. The van der Waals surface area contributed by atoms with Crippen molar-refractivity contribution in [2.45, 2.75) is 5.92 Å². The highest BCUT2D eigenvalue weighted by Crippen LogP contribution is 2.30. The molecule has 1 aromatic carbocycles. The van der Waals surface area contributed by atoms with Crippen LogP contribution in [-0.2, 0) is 0 Å². The quantitative estimate of drug-likeness (QED) is 0.478. The highest BCUT2D eigenvalue weighted by Gasteiger charge is 2.21. The number of benzene rings is 1. The highest BCUT2D eigenvalue weighted by molar-refractivity contribution is 14.1. The van der Waals surface area contributed by atoms with Gasteiger partial charge in [0.1, 0.15) is 11.0 Å². The van der Waals surface area contributed by atoms with E-state index >= 15 is 0 Å². The molecule has 0 saturated carbocycles. The molecule has 0 aliphatic carbocycles. The monoisotopic (exact) mass is 383 g/mol. The molecule has 96 valence electrons. The number of halogens is 2. The van der Waals surface area contributed by atoms with Crippen LogP contribution in [0, 0.1) is 3.57 Å². The molecule has 2 heterocycles. The van der Waals surface area contributed by atoms with Gasteiger partial charge in [0.2, 0.25) is 0 Å². The maximum atomic E-state index is 5.87. The van der Waals surface area contributed by atoms with Crippen molar-refractivity contribution in [2.75, 3.05) is 11.9 Å². The van der Waals surface area contributed by atoms with Gasteiger partial charge in [-0.3, -0.25) is 4.99 Å².